The number of benzene rings is 2. The molecule has 1 fully saturated rings. The molecule has 1 atom stereocenters. The molecule has 28 heavy (non-hydrogen) atoms. The average Bonchev–Trinajstić information content (AvgIpc) is 3.09. The number of methoxy groups -OCH3 is 2. The van der Waals surface area contributed by atoms with E-state index in [-0.39, 0.29) is 30.2 Å². The van der Waals surface area contributed by atoms with Crippen LogP contribution in [0.15, 0.2) is 42.5 Å². The zero-order chi connectivity index (χ0) is 20.3. The van der Waals surface area contributed by atoms with Gasteiger partial charge in [0, 0.05) is 36.9 Å². The number of hydrogen-bond acceptors (Lipinski definition) is 6. The molecule has 9 nitrogen and oxygen atoms in total. The Morgan fingerprint density at radius 3 is 2.57 bits per heavy atom. The van der Waals surface area contributed by atoms with Gasteiger partial charge in [0.2, 0.25) is 11.8 Å². The van der Waals surface area contributed by atoms with E-state index in [9.17, 15) is 19.7 Å². The molecule has 9 heteroatoms. The molecule has 0 spiro atoms. The van der Waals surface area contributed by atoms with E-state index in [0.29, 0.717) is 17.2 Å². The van der Waals surface area contributed by atoms with Crippen molar-refractivity contribution in [3.63, 3.8) is 0 Å². The van der Waals surface area contributed by atoms with Gasteiger partial charge in [-0.15, -0.1) is 0 Å². The van der Waals surface area contributed by atoms with Crippen molar-refractivity contribution in [3.05, 3.63) is 52.6 Å². The number of anilines is 2. The van der Waals surface area contributed by atoms with Crippen LogP contribution in [0.3, 0.4) is 0 Å². The fourth-order valence-corrected chi connectivity index (χ4v) is 3.05. The van der Waals surface area contributed by atoms with Crippen LogP contribution in [0, 0.1) is 16.0 Å². The number of amides is 2. The van der Waals surface area contributed by atoms with Gasteiger partial charge in [0.15, 0.2) is 0 Å². The van der Waals surface area contributed by atoms with E-state index >= 15 is 0 Å². The van der Waals surface area contributed by atoms with E-state index in [1.54, 1.807) is 24.3 Å². The van der Waals surface area contributed by atoms with Gasteiger partial charge in [-0.2, -0.15) is 0 Å². The molecule has 0 saturated carbocycles. The SMILES string of the molecule is COc1cccc(N2C[C@@H](C(=O)Nc3cc(OC)ccc3[N+](=O)[O-])CC2=O)c1. The highest BCUT2D eigenvalue weighted by Gasteiger charge is 2.36. The Morgan fingerprint density at radius 2 is 1.89 bits per heavy atom. The van der Waals surface area contributed by atoms with Crippen molar-refractivity contribution in [2.24, 2.45) is 5.92 Å². The largest absolute Gasteiger partial charge is 0.497 e. The maximum Gasteiger partial charge on any atom is 0.293 e. The van der Waals surface area contributed by atoms with Crippen LogP contribution in [0.25, 0.3) is 0 Å². The molecule has 2 aromatic carbocycles. The standard InChI is InChI=1S/C19H19N3O6/c1-27-14-5-3-4-13(9-14)21-11-12(8-18(21)23)19(24)20-16-10-15(28-2)6-7-17(16)22(25)26/h3-7,9-10,12H,8,11H2,1-2H3,(H,20,24)/t12-/m0/s1. The van der Waals surface area contributed by atoms with E-state index in [2.05, 4.69) is 5.32 Å². The van der Waals surface area contributed by atoms with Gasteiger partial charge >= 0.3 is 0 Å². The molecule has 146 valence electrons. The number of nitrogens with one attached hydrogen (secondary N) is 1. The first-order chi connectivity index (χ1) is 13.4. The number of ether oxygens (including phenoxy) is 2. The molecule has 0 unspecified atom stereocenters. The van der Waals surface area contributed by atoms with Crippen LogP contribution < -0.4 is 19.7 Å². The summed E-state index contributed by atoms with van der Waals surface area (Å²) in [6.45, 7) is 0.176. The molecule has 1 saturated heterocycles. The Labute approximate surface area is 161 Å². The molecule has 2 amide bonds. The highest BCUT2D eigenvalue weighted by molar-refractivity contribution is 6.04. The van der Waals surface area contributed by atoms with Gasteiger partial charge in [-0.05, 0) is 18.2 Å². The normalized spacial score (nSPS) is 16.0. The third-order valence-electron chi connectivity index (χ3n) is 4.52. The van der Waals surface area contributed by atoms with E-state index in [4.69, 9.17) is 9.47 Å². The monoisotopic (exact) mass is 385 g/mol. The number of carbonyl (C=O) groups is 2. The van der Waals surface area contributed by atoms with Gasteiger partial charge in [-0.3, -0.25) is 19.7 Å². The van der Waals surface area contributed by atoms with Crippen LogP contribution in [0.1, 0.15) is 6.42 Å². The zero-order valence-corrected chi connectivity index (χ0v) is 15.4. The fraction of sp³-hybridized carbons (Fsp3) is 0.263. The van der Waals surface area contributed by atoms with E-state index in [1.165, 1.54) is 37.3 Å². The smallest absolute Gasteiger partial charge is 0.293 e. The van der Waals surface area contributed by atoms with Crippen molar-refractivity contribution in [1.82, 2.24) is 0 Å². The third kappa shape index (κ3) is 3.88. The van der Waals surface area contributed by atoms with Crippen molar-refractivity contribution in [2.45, 2.75) is 6.42 Å². The summed E-state index contributed by atoms with van der Waals surface area (Å²) in [7, 11) is 2.95. The number of nitrogens with zero attached hydrogens (tertiary/aromatic N) is 2. The quantitative estimate of drug-likeness (QED) is 0.604. The predicted octanol–water partition coefficient (Wildman–Crippen LogP) is 2.60. The molecule has 0 radical (unpaired) electrons. The molecule has 1 N–H and O–H groups in total. The molecule has 0 bridgehead atoms. The summed E-state index contributed by atoms with van der Waals surface area (Å²) in [5.41, 5.74) is 0.414. The third-order valence-corrected chi connectivity index (χ3v) is 4.52. The summed E-state index contributed by atoms with van der Waals surface area (Å²) in [4.78, 5) is 37.2. The first kappa shape index (κ1) is 19.2. The van der Waals surface area contributed by atoms with Gasteiger partial charge in [0.1, 0.15) is 17.2 Å². The van der Waals surface area contributed by atoms with Crippen LogP contribution >= 0.6 is 0 Å². The fourth-order valence-electron chi connectivity index (χ4n) is 3.05. The summed E-state index contributed by atoms with van der Waals surface area (Å²) >= 11 is 0. The van der Waals surface area contributed by atoms with E-state index < -0.39 is 16.7 Å². The predicted molar refractivity (Wildman–Crippen MR) is 102 cm³/mol. The highest BCUT2D eigenvalue weighted by atomic mass is 16.6. The molecule has 3 rings (SSSR count). The lowest BCUT2D eigenvalue weighted by Crippen LogP contribution is -2.28. The van der Waals surface area contributed by atoms with Crippen molar-refractivity contribution >= 4 is 28.9 Å². The van der Waals surface area contributed by atoms with Gasteiger partial charge < -0.3 is 19.7 Å². The summed E-state index contributed by atoms with van der Waals surface area (Å²) in [5.74, 6) is -0.320. The van der Waals surface area contributed by atoms with Gasteiger partial charge in [-0.1, -0.05) is 6.07 Å². The maximum atomic E-state index is 12.7. The Balaban J connectivity index is 1.77. The van der Waals surface area contributed by atoms with Crippen LogP contribution in [0.4, 0.5) is 17.1 Å². The molecule has 1 heterocycles. The molecule has 1 aliphatic rings. The lowest BCUT2D eigenvalue weighted by atomic mass is 10.1. The van der Waals surface area contributed by atoms with Crippen molar-refractivity contribution in [2.75, 3.05) is 31.0 Å². The second-order valence-corrected chi connectivity index (χ2v) is 6.24. The molecular formula is C19H19N3O6. The number of rotatable bonds is 6. The molecule has 0 aliphatic carbocycles. The number of nitro groups is 1. The van der Waals surface area contributed by atoms with E-state index in [1.807, 2.05) is 0 Å². The first-order valence-corrected chi connectivity index (χ1v) is 8.50. The lowest BCUT2D eigenvalue weighted by molar-refractivity contribution is -0.383. The van der Waals surface area contributed by atoms with Crippen LogP contribution in [0.5, 0.6) is 11.5 Å². The zero-order valence-electron chi connectivity index (χ0n) is 15.4. The van der Waals surface area contributed by atoms with Crippen LogP contribution in [0.2, 0.25) is 0 Å². The summed E-state index contributed by atoms with van der Waals surface area (Å²) in [6.07, 6.45) is 0.0147. The van der Waals surface area contributed by atoms with Crippen molar-refractivity contribution in [3.8, 4) is 11.5 Å². The molecular weight excluding hydrogens is 366 g/mol. The van der Waals surface area contributed by atoms with Crippen molar-refractivity contribution < 1.29 is 24.0 Å². The number of carbonyl (C=O) groups excluding carboxylic acids is 2. The summed E-state index contributed by atoms with van der Waals surface area (Å²) in [6, 6.07) is 11.1. The number of nitro benzene ring substituents is 1. The minimum atomic E-state index is -0.635. The Hall–Kier alpha value is -3.62. The highest BCUT2D eigenvalue weighted by Crippen LogP contribution is 2.32. The molecule has 1 aliphatic heterocycles. The number of hydrogen-bond donors (Lipinski definition) is 1. The molecule has 0 aromatic heterocycles. The second-order valence-electron chi connectivity index (χ2n) is 6.24. The van der Waals surface area contributed by atoms with E-state index in [0.717, 1.165) is 0 Å². The second kappa shape index (κ2) is 7.95. The topological polar surface area (TPSA) is 111 Å². The molecule has 2 aromatic rings. The summed E-state index contributed by atoms with van der Waals surface area (Å²) in [5, 5.41) is 13.8. The minimum absolute atomic E-state index is 0.0147. The Morgan fingerprint density at radius 1 is 1.18 bits per heavy atom. The van der Waals surface area contributed by atoms with Gasteiger partial charge in [-0.25, -0.2) is 0 Å². The van der Waals surface area contributed by atoms with Crippen LogP contribution in [-0.4, -0.2) is 37.5 Å². The average molecular weight is 385 g/mol. The maximum absolute atomic E-state index is 12.7. The Kier molecular flexibility index (Phi) is 5.44. The van der Waals surface area contributed by atoms with Crippen LogP contribution in [-0.2, 0) is 9.59 Å². The first-order valence-electron chi connectivity index (χ1n) is 8.50. The summed E-state index contributed by atoms with van der Waals surface area (Å²) < 4.78 is 10.2. The minimum Gasteiger partial charge on any atom is -0.497 e. The Bertz CT molecular complexity index is 930. The lowest BCUT2D eigenvalue weighted by Gasteiger charge is -2.17. The van der Waals surface area contributed by atoms with Gasteiger partial charge in [0.05, 0.1) is 25.1 Å². The van der Waals surface area contributed by atoms with Crippen molar-refractivity contribution in [1.29, 1.82) is 0 Å². The van der Waals surface area contributed by atoms with Gasteiger partial charge in [0.25, 0.3) is 5.69 Å².